The highest BCUT2D eigenvalue weighted by Crippen LogP contribution is 2.68. The monoisotopic (exact) mass is 462 g/mol. The summed E-state index contributed by atoms with van der Waals surface area (Å²) in [5.41, 5.74) is 0.656. The molecular formula is C29H50O4. The van der Waals surface area contributed by atoms with Gasteiger partial charge in [-0.2, -0.15) is 0 Å². The Kier molecular flexibility index (Phi) is 7.69. The molecule has 0 aliphatic heterocycles. The van der Waals surface area contributed by atoms with Gasteiger partial charge in [-0.15, -0.1) is 0 Å². The Hall–Kier alpha value is -0.450. The second kappa shape index (κ2) is 9.90. The number of hydrogen-bond donors (Lipinski definition) is 1. The zero-order valence-corrected chi connectivity index (χ0v) is 22.1. The minimum absolute atomic E-state index is 0.177. The predicted molar refractivity (Wildman–Crippen MR) is 132 cm³/mol. The quantitative estimate of drug-likeness (QED) is 0.433. The molecule has 4 rings (SSSR count). The van der Waals surface area contributed by atoms with Crippen molar-refractivity contribution in [3.8, 4) is 0 Å². The number of carbonyl (C=O) groups is 1. The molecule has 0 saturated heterocycles. The van der Waals surface area contributed by atoms with E-state index in [-0.39, 0.29) is 17.6 Å². The summed E-state index contributed by atoms with van der Waals surface area (Å²) >= 11 is 0. The van der Waals surface area contributed by atoms with Gasteiger partial charge in [0.25, 0.3) is 0 Å². The number of fused-ring (bicyclic) bond motifs is 5. The third-order valence-corrected chi connectivity index (χ3v) is 11.3. The summed E-state index contributed by atoms with van der Waals surface area (Å²) in [6, 6.07) is 0. The fourth-order valence-corrected chi connectivity index (χ4v) is 9.26. The van der Waals surface area contributed by atoms with E-state index in [1.807, 2.05) is 0 Å². The molecule has 8 unspecified atom stereocenters. The van der Waals surface area contributed by atoms with Gasteiger partial charge in [0.05, 0.1) is 12.2 Å². The minimum Gasteiger partial charge on any atom is -0.393 e. The maximum Gasteiger partial charge on any atom is 0.146 e. The first-order valence-electron chi connectivity index (χ1n) is 13.9. The number of hydrogen-bond acceptors (Lipinski definition) is 4. The van der Waals surface area contributed by atoms with E-state index in [4.69, 9.17) is 9.47 Å². The molecule has 4 saturated carbocycles. The lowest BCUT2D eigenvalue weighted by Gasteiger charge is -2.62. The van der Waals surface area contributed by atoms with E-state index < -0.39 is 0 Å². The Labute approximate surface area is 202 Å². The normalized spacial score (nSPS) is 44.8. The summed E-state index contributed by atoms with van der Waals surface area (Å²) < 4.78 is 11.8. The van der Waals surface area contributed by atoms with E-state index in [1.54, 1.807) is 7.11 Å². The summed E-state index contributed by atoms with van der Waals surface area (Å²) in [6.45, 7) is 12.2. The molecule has 4 aliphatic carbocycles. The van der Waals surface area contributed by atoms with E-state index in [0.717, 1.165) is 44.4 Å². The first-order valence-corrected chi connectivity index (χ1v) is 13.9. The van der Waals surface area contributed by atoms with Gasteiger partial charge in [0, 0.05) is 20.0 Å². The molecule has 0 radical (unpaired) electrons. The molecule has 4 aliphatic rings. The fraction of sp³-hybridized carbons (Fsp3) is 0.966. The number of carbonyl (C=O) groups excluding carboxylic acids is 1. The summed E-state index contributed by atoms with van der Waals surface area (Å²) in [7, 11) is 1.72. The number of ketones is 1. The van der Waals surface area contributed by atoms with Crippen LogP contribution in [0, 0.1) is 52.3 Å². The molecule has 190 valence electrons. The lowest BCUT2D eigenvalue weighted by molar-refractivity contribution is -0.201. The second-order valence-electron chi connectivity index (χ2n) is 13.2. The van der Waals surface area contributed by atoms with Gasteiger partial charge in [-0.05, 0) is 104 Å². The lowest BCUT2D eigenvalue weighted by atomic mass is 9.43. The molecule has 1 N–H and O–H groups in total. The fourth-order valence-electron chi connectivity index (χ4n) is 9.26. The number of aliphatic hydroxyl groups excluding tert-OH is 1. The third-order valence-electron chi connectivity index (χ3n) is 11.3. The largest absolute Gasteiger partial charge is 0.393 e. The van der Waals surface area contributed by atoms with Crippen LogP contribution in [0.5, 0.6) is 0 Å². The highest BCUT2D eigenvalue weighted by Gasteiger charge is 2.63. The molecular weight excluding hydrogens is 412 g/mol. The van der Waals surface area contributed by atoms with Gasteiger partial charge in [0.1, 0.15) is 12.6 Å². The maximum atomic E-state index is 12.4. The predicted octanol–water partition coefficient (Wildman–Crippen LogP) is 6.25. The van der Waals surface area contributed by atoms with E-state index in [2.05, 4.69) is 34.6 Å². The number of Topliss-reactive ketones (excluding diaryl/α,β-unsaturated/α-hetero) is 1. The molecule has 0 aromatic rings. The highest BCUT2D eigenvalue weighted by molar-refractivity contribution is 5.79. The van der Waals surface area contributed by atoms with Crippen LogP contribution >= 0.6 is 0 Å². The second-order valence-corrected chi connectivity index (χ2v) is 13.2. The van der Waals surface area contributed by atoms with Gasteiger partial charge in [-0.25, -0.2) is 0 Å². The zero-order valence-electron chi connectivity index (χ0n) is 22.1. The molecule has 10 atom stereocenters. The van der Waals surface area contributed by atoms with E-state index >= 15 is 0 Å². The molecule has 0 spiro atoms. The summed E-state index contributed by atoms with van der Waals surface area (Å²) in [5, 5.41) is 10.4. The Morgan fingerprint density at radius 1 is 1.03 bits per heavy atom. The zero-order chi connectivity index (χ0) is 24.0. The average Bonchev–Trinajstić information content (AvgIpc) is 3.13. The number of ether oxygens (including phenoxy) is 2. The van der Waals surface area contributed by atoms with Gasteiger partial charge in [0.2, 0.25) is 0 Å². The molecule has 33 heavy (non-hydrogen) atoms. The van der Waals surface area contributed by atoms with Crippen LogP contribution in [0.15, 0.2) is 0 Å². The summed E-state index contributed by atoms with van der Waals surface area (Å²) in [6.07, 6.45) is 11.0. The van der Waals surface area contributed by atoms with E-state index in [9.17, 15) is 9.90 Å². The lowest BCUT2D eigenvalue weighted by Crippen LogP contribution is -2.59. The molecule has 4 heteroatoms. The van der Waals surface area contributed by atoms with Crippen molar-refractivity contribution in [1.82, 2.24) is 0 Å². The topological polar surface area (TPSA) is 55.8 Å². The Morgan fingerprint density at radius 3 is 2.45 bits per heavy atom. The molecule has 0 bridgehead atoms. The van der Waals surface area contributed by atoms with Crippen molar-refractivity contribution >= 4 is 5.78 Å². The van der Waals surface area contributed by atoms with Crippen molar-refractivity contribution in [2.75, 3.05) is 13.9 Å². The molecule has 4 fully saturated rings. The Bertz CT molecular complexity index is 691. The van der Waals surface area contributed by atoms with Crippen molar-refractivity contribution in [1.29, 1.82) is 0 Å². The van der Waals surface area contributed by atoms with Gasteiger partial charge in [-0.1, -0.05) is 34.6 Å². The SMILES string of the molecule is COCO[C@@H]1C[C@H]2CC(=O)CCC2(C)C2CCC3(C)C(C(C)CCC(O)C(C)C)CCC3C21. The minimum atomic E-state index is -0.177. The number of aliphatic hydroxyl groups is 1. The first-order chi connectivity index (χ1) is 15.6. The average molecular weight is 463 g/mol. The van der Waals surface area contributed by atoms with Gasteiger partial charge in [0.15, 0.2) is 0 Å². The van der Waals surface area contributed by atoms with E-state index in [0.29, 0.717) is 53.5 Å². The van der Waals surface area contributed by atoms with Gasteiger partial charge >= 0.3 is 0 Å². The Morgan fingerprint density at radius 2 is 1.76 bits per heavy atom. The summed E-state index contributed by atoms with van der Waals surface area (Å²) in [5.74, 6) is 4.63. The smallest absolute Gasteiger partial charge is 0.146 e. The van der Waals surface area contributed by atoms with Crippen LogP contribution < -0.4 is 0 Å². The molecule has 0 aromatic heterocycles. The van der Waals surface area contributed by atoms with E-state index in [1.165, 1.54) is 25.7 Å². The standard InChI is InChI=1S/C29H50O4/c1-18(2)25(31)10-7-19(3)22-8-9-23-27-24(12-14-29(22,23)5)28(4)13-11-21(30)15-20(28)16-26(27)33-17-32-6/h18-20,22-27,31H,7-17H2,1-6H3/t19?,20-,22?,23?,24?,25?,26-,27?,28?,29?/m1/s1. The molecule has 0 aromatic carbocycles. The summed E-state index contributed by atoms with van der Waals surface area (Å²) in [4.78, 5) is 12.4. The van der Waals surface area contributed by atoms with Crippen LogP contribution in [-0.2, 0) is 14.3 Å². The molecule has 0 heterocycles. The number of rotatable bonds is 8. The maximum absolute atomic E-state index is 12.4. The van der Waals surface area contributed by atoms with Crippen molar-refractivity contribution in [2.45, 2.75) is 111 Å². The third kappa shape index (κ3) is 4.58. The van der Waals surface area contributed by atoms with Crippen LogP contribution in [0.2, 0.25) is 0 Å². The van der Waals surface area contributed by atoms with Gasteiger partial charge in [-0.3, -0.25) is 4.79 Å². The van der Waals surface area contributed by atoms with Crippen LogP contribution in [0.3, 0.4) is 0 Å². The molecule has 0 amide bonds. The van der Waals surface area contributed by atoms with Crippen molar-refractivity contribution < 1.29 is 19.4 Å². The van der Waals surface area contributed by atoms with Gasteiger partial charge < -0.3 is 14.6 Å². The van der Waals surface area contributed by atoms with Crippen molar-refractivity contribution in [3.05, 3.63) is 0 Å². The molecule has 4 nitrogen and oxygen atoms in total. The Balaban J connectivity index is 1.55. The number of methoxy groups -OCH3 is 1. The van der Waals surface area contributed by atoms with Crippen LogP contribution in [0.25, 0.3) is 0 Å². The van der Waals surface area contributed by atoms with Crippen LogP contribution in [-0.4, -0.2) is 37.0 Å². The van der Waals surface area contributed by atoms with Crippen molar-refractivity contribution in [3.63, 3.8) is 0 Å². The first kappa shape index (κ1) is 25.6. The highest BCUT2D eigenvalue weighted by atomic mass is 16.7. The van der Waals surface area contributed by atoms with Crippen LogP contribution in [0.1, 0.15) is 98.8 Å². The van der Waals surface area contributed by atoms with Crippen LogP contribution in [0.4, 0.5) is 0 Å². The van der Waals surface area contributed by atoms with Crippen molar-refractivity contribution in [2.24, 2.45) is 52.3 Å².